The summed E-state index contributed by atoms with van der Waals surface area (Å²) in [5.41, 5.74) is 1.43. The molecule has 0 radical (unpaired) electrons. The van der Waals surface area contributed by atoms with Gasteiger partial charge in [0.25, 0.3) is 18.3 Å². The lowest BCUT2D eigenvalue weighted by atomic mass is 10.2. The van der Waals surface area contributed by atoms with Gasteiger partial charge in [0.05, 0.1) is 29.0 Å². The second-order valence-corrected chi connectivity index (χ2v) is 5.07. The number of H-pyrrole nitrogens is 2. The number of anilines is 1. The van der Waals surface area contributed by atoms with E-state index in [2.05, 4.69) is 25.5 Å². The van der Waals surface area contributed by atoms with Crippen molar-refractivity contribution in [3.05, 3.63) is 35.2 Å². The molecule has 24 heavy (non-hydrogen) atoms. The number of amides is 1. The number of rotatable bonds is 5. The van der Waals surface area contributed by atoms with Crippen molar-refractivity contribution >= 4 is 22.6 Å². The lowest BCUT2D eigenvalue weighted by Gasteiger charge is -2.06. The summed E-state index contributed by atoms with van der Waals surface area (Å²) in [4.78, 5) is 19.5. The first-order valence-corrected chi connectivity index (χ1v) is 7.26. The average Bonchev–Trinajstić information content (AvgIpc) is 3.10. The molecule has 0 aliphatic heterocycles. The summed E-state index contributed by atoms with van der Waals surface area (Å²) in [7, 11) is 0. The first-order valence-electron chi connectivity index (χ1n) is 7.26. The number of hydrogen-bond acceptors (Lipinski definition) is 4. The second-order valence-electron chi connectivity index (χ2n) is 5.07. The van der Waals surface area contributed by atoms with Crippen LogP contribution in [-0.2, 0) is 0 Å². The Morgan fingerprint density at radius 1 is 1.42 bits per heavy atom. The number of carbonyl (C=O) groups excluding carboxylic acids is 1. The number of halogens is 2. The van der Waals surface area contributed by atoms with Gasteiger partial charge in [0.15, 0.2) is 5.69 Å². The number of alkyl halides is 2. The summed E-state index contributed by atoms with van der Waals surface area (Å²) in [6.07, 6.45) is -2.78. The van der Waals surface area contributed by atoms with Gasteiger partial charge in [0, 0.05) is 5.56 Å². The summed E-state index contributed by atoms with van der Waals surface area (Å²) in [5.74, 6) is -0.518. The molecule has 3 N–H and O–H groups in total. The monoisotopic (exact) mass is 335 g/mol. The molecule has 3 aromatic rings. The van der Waals surface area contributed by atoms with Crippen molar-refractivity contribution in [3.8, 4) is 6.01 Å². The van der Waals surface area contributed by atoms with E-state index in [1.54, 1.807) is 25.1 Å². The Balaban J connectivity index is 1.87. The number of aromatic amines is 2. The molecule has 2 aromatic heterocycles. The predicted octanol–water partition coefficient (Wildman–Crippen LogP) is 3.18. The minimum absolute atomic E-state index is 0.00490. The number of nitrogens with one attached hydrogen (secondary N) is 3. The third kappa shape index (κ3) is 2.92. The molecule has 1 amide bonds. The molecule has 0 aliphatic carbocycles. The van der Waals surface area contributed by atoms with Crippen LogP contribution in [0.1, 0.15) is 35.1 Å². The molecule has 0 unspecified atom stereocenters. The van der Waals surface area contributed by atoms with Gasteiger partial charge < -0.3 is 15.0 Å². The second kappa shape index (κ2) is 6.26. The zero-order valence-electron chi connectivity index (χ0n) is 13.0. The Morgan fingerprint density at radius 2 is 2.21 bits per heavy atom. The number of aryl methyl sites for hydroxylation is 1. The molecule has 0 aliphatic rings. The molecule has 0 spiro atoms. The highest BCUT2D eigenvalue weighted by Gasteiger charge is 2.21. The molecule has 0 bridgehead atoms. The van der Waals surface area contributed by atoms with E-state index in [9.17, 15) is 13.6 Å². The Bertz CT molecular complexity index is 887. The highest BCUT2D eigenvalue weighted by Crippen LogP contribution is 2.28. The van der Waals surface area contributed by atoms with E-state index in [1.165, 1.54) is 0 Å². The largest absolute Gasteiger partial charge is 0.465 e. The lowest BCUT2D eigenvalue weighted by molar-refractivity contribution is 0.102. The number of fused-ring (bicyclic) bond motifs is 1. The van der Waals surface area contributed by atoms with Crippen molar-refractivity contribution in [2.45, 2.75) is 20.3 Å². The Kier molecular flexibility index (Phi) is 4.15. The number of ether oxygens (including phenoxy) is 1. The SMILES string of the molecule is CCOc1nc2ccc(C(=O)Nc3c(C(F)F)n[nH]c3C)cc2[nH]1. The van der Waals surface area contributed by atoms with Crippen molar-refractivity contribution in [1.82, 2.24) is 20.2 Å². The normalized spacial score (nSPS) is 11.2. The zero-order chi connectivity index (χ0) is 17.3. The summed E-state index contributed by atoms with van der Waals surface area (Å²) in [6.45, 7) is 3.85. The van der Waals surface area contributed by atoms with Gasteiger partial charge in [-0.2, -0.15) is 10.1 Å². The maximum absolute atomic E-state index is 12.9. The molecular weight excluding hydrogens is 320 g/mol. The van der Waals surface area contributed by atoms with Crippen molar-refractivity contribution in [2.24, 2.45) is 0 Å². The highest BCUT2D eigenvalue weighted by atomic mass is 19.3. The van der Waals surface area contributed by atoms with Crippen LogP contribution in [0.2, 0.25) is 0 Å². The van der Waals surface area contributed by atoms with Gasteiger partial charge in [-0.15, -0.1) is 0 Å². The Hall–Kier alpha value is -2.97. The molecular formula is C15H15F2N5O2. The van der Waals surface area contributed by atoms with Crippen molar-refractivity contribution in [3.63, 3.8) is 0 Å². The van der Waals surface area contributed by atoms with Gasteiger partial charge in [-0.1, -0.05) is 0 Å². The Labute approximate surface area is 135 Å². The number of carbonyl (C=O) groups is 1. The van der Waals surface area contributed by atoms with Gasteiger partial charge in [0.1, 0.15) is 0 Å². The van der Waals surface area contributed by atoms with E-state index >= 15 is 0 Å². The quantitative estimate of drug-likeness (QED) is 0.667. The van der Waals surface area contributed by atoms with Gasteiger partial charge in [-0.05, 0) is 32.0 Å². The number of nitrogens with zero attached hydrogens (tertiary/aromatic N) is 2. The maximum atomic E-state index is 12.9. The summed E-state index contributed by atoms with van der Waals surface area (Å²) in [5, 5.41) is 8.43. The zero-order valence-corrected chi connectivity index (χ0v) is 13.0. The topological polar surface area (TPSA) is 95.7 Å². The summed E-state index contributed by atoms with van der Waals surface area (Å²) < 4.78 is 31.1. The smallest absolute Gasteiger partial charge is 0.294 e. The average molecular weight is 335 g/mol. The molecule has 0 fully saturated rings. The molecule has 0 saturated heterocycles. The van der Waals surface area contributed by atoms with Crippen LogP contribution >= 0.6 is 0 Å². The summed E-state index contributed by atoms with van der Waals surface area (Å²) >= 11 is 0. The third-order valence-corrected chi connectivity index (χ3v) is 3.42. The fourth-order valence-corrected chi connectivity index (χ4v) is 2.28. The van der Waals surface area contributed by atoms with Crippen LogP contribution in [0.3, 0.4) is 0 Å². The van der Waals surface area contributed by atoms with E-state index in [4.69, 9.17) is 4.74 Å². The van der Waals surface area contributed by atoms with E-state index < -0.39 is 18.0 Å². The van der Waals surface area contributed by atoms with Crippen molar-refractivity contribution in [2.75, 3.05) is 11.9 Å². The van der Waals surface area contributed by atoms with Gasteiger partial charge >= 0.3 is 0 Å². The van der Waals surface area contributed by atoms with Crippen LogP contribution in [0.25, 0.3) is 11.0 Å². The minimum Gasteiger partial charge on any atom is -0.465 e. The predicted molar refractivity (Wildman–Crippen MR) is 83.5 cm³/mol. The van der Waals surface area contributed by atoms with Crippen molar-refractivity contribution < 1.29 is 18.3 Å². The first-order chi connectivity index (χ1) is 11.5. The van der Waals surface area contributed by atoms with Gasteiger partial charge in [0.2, 0.25) is 0 Å². The van der Waals surface area contributed by atoms with E-state index in [0.29, 0.717) is 34.9 Å². The van der Waals surface area contributed by atoms with Crippen LogP contribution < -0.4 is 10.1 Å². The van der Waals surface area contributed by atoms with Crippen LogP contribution in [0.5, 0.6) is 6.01 Å². The molecule has 0 saturated carbocycles. The van der Waals surface area contributed by atoms with Crippen LogP contribution in [-0.4, -0.2) is 32.7 Å². The molecule has 1 aromatic carbocycles. The molecule has 7 nitrogen and oxygen atoms in total. The first kappa shape index (κ1) is 15.9. The standard InChI is InChI=1S/C15H15F2N5O2/c1-3-24-15-18-9-5-4-8(6-10(9)19-15)14(23)20-11-7(2)21-22-12(11)13(16)17/h4-6,13H,3H2,1-2H3,(H,18,19)(H,20,23)(H,21,22). The lowest BCUT2D eigenvalue weighted by Crippen LogP contribution is -2.13. The van der Waals surface area contributed by atoms with E-state index in [0.717, 1.165) is 0 Å². The third-order valence-electron chi connectivity index (χ3n) is 3.42. The highest BCUT2D eigenvalue weighted by molar-refractivity contribution is 6.06. The number of hydrogen-bond donors (Lipinski definition) is 3. The summed E-state index contributed by atoms with van der Waals surface area (Å²) in [6, 6.07) is 5.15. The Morgan fingerprint density at radius 3 is 2.92 bits per heavy atom. The van der Waals surface area contributed by atoms with Crippen LogP contribution in [0.15, 0.2) is 18.2 Å². The van der Waals surface area contributed by atoms with Gasteiger partial charge in [-0.3, -0.25) is 9.89 Å². The van der Waals surface area contributed by atoms with Crippen LogP contribution in [0.4, 0.5) is 14.5 Å². The molecule has 0 atom stereocenters. The number of imidazole rings is 1. The maximum Gasteiger partial charge on any atom is 0.294 e. The van der Waals surface area contributed by atoms with E-state index in [1.807, 2.05) is 6.92 Å². The van der Waals surface area contributed by atoms with Crippen molar-refractivity contribution in [1.29, 1.82) is 0 Å². The molecule has 126 valence electrons. The fraction of sp³-hybridized carbons (Fsp3) is 0.267. The molecule has 3 rings (SSSR count). The molecule has 9 heteroatoms. The minimum atomic E-state index is -2.78. The van der Waals surface area contributed by atoms with E-state index in [-0.39, 0.29) is 5.69 Å². The van der Waals surface area contributed by atoms with Crippen LogP contribution in [0, 0.1) is 6.92 Å². The number of benzene rings is 1. The van der Waals surface area contributed by atoms with Gasteiger partial charge in [-0.25, -0.2) is 8.78 Å². The number of aromatic nitrogens is 4. The fourth-order valence-electron chi connectivity index (χ4n) is 2.28. The molecule has 2 heterocycles.